The third-order valence-electron chi connectivity index (χ3n) is 4.86. The summed E-state index contributed by atoms with van der Waals surface area (Å²) < 4.78 is 28.9. The molecule has 0 bridgehead atoms. The maximum absolute atomic E-state index is 13.0. The molecule has 2 aromatic carbocycles. The van der Waals surface area contributed by atoms with Crippen LogP contribution < -0.4 is 19.5 Å². The van der Waals surface area contributed by atoms with Crippen LogP contribution in [0, 0.1) is 0 Å². The summed E-state index contributed by atoms with van der Waals surface area (Å²) in [5, 5.41) is 7.42. The van der Waals surface area contributed by atoms with Crippen LogP contribution in [0.5, 0.6) is 17.5 Å². The first kappa shape index (κ1) is 20.3. The molecule has 32 heavy (non-hydrogen) atoms. The van der Waals surface area contributed by atoms with E-state index in [2.05, 4.69) is 15.4 Å². The van der Waals surface area contributed by atoms with Gasteiger partial charge in [-0.2, -0.15) is 4.98 Å². The highest BCUT2D eigenvalue weighted by atomic mass is 16.7. The van der Waals surface area contributed by atoms with Crippen molar-refractivity contribution in [3.05, 3.63) is 54.1 Å². The van der Waals surface area contributed by atoms with Crippen LogP contribution in [0.15, 0.2) is 48.5 Å². The zero-order valence-electron chi connectivity index (χ0n) is 17.2. The van der Waals surface area contributed by atoms with E-state index in [0.29, 0.717) is 55.6 Å². The van der Waals surface area contributed by atoms with E-state index in [4.69, 9.17) is 23.7 Å². The smallest absolute Gasteiger partial charge is 0.324 e. The van der Waals surface area contributed by atoms with Gasteiger partial charge in [0.1, 0.15) is 13.2 Å². The van der Waals surface area contributed by atoms with Gasteiger partial charge in [-0.1, -0.05) is 18.2 Å². The standard InChI is InChI=1S/C22H22N4O6/c27-20(15-4-2-1-3-5-15)26-22(32-9-8-19-30-12-13-31-19)24-21(25-26)23-16-6-7-17-18(14-16)29-11-10-28-17/h1-7,14,19H,8-13H2,(H,23,25). The maximum atomic E-state index is 13.0. The maximum Gasteiger partial charge on any atom is 0.324 e. The van der Waals surface area contributed by atoms with Crippen molar-refractivity contribution in [1.82, 2.24) is 14.8 Å². The Morgan fingerprint density at radius 2 is 1.81 bits per heavy atom. The lowest BCUT2D eigenvalue weighted by Crippen LogP contribution is -2.18. The van der Waals surface area contributed by atoms with Gasteiger partial charge in [0.25, 0.3) is 5.91 Å². The molecule has 3 heterocycles. The summed E-state index contributed by atoms with van der Waals surface area (Å²) in [5.41, 5.74) is 1.16. The number of fused-ring (bicyclic) bond motifs is 1. The SMILES string of the molecule is O=C(c1ccccc1)n1nc(Nc2ccc3c(c2)OCCO3)nc1OCCC1OCCO1. The Balaban J connectivity index is 1.36. The zero-order chi connectivity index (χ0) is 21.8. The number of carbonyl (C=O) groups excluding carboxylic acids is 1. The van der Waals surface area contributed by atoms with Gasteiger partial charge in [0.05, 0.1) is 19.8 Å². The molecule has 1 aromatic heterocycles. The number of nitrogens with one attached hydrogen (secondary N) is 1. The van der Waals surface area contributed by atoms with Crippen LogP contribution in [0.1, 0.15) is 16.8 Å². The number of hydrogen-bond acceptors (Lipinski definition) is 9. The monoisotopic (exact) mass is 438 g/mol. The first-order valence-electron chi connectivity index (χ1n) is 10.4. The lowest BCUT2D eigenvalue weighted by Gasteiger charge is -2.18. The highest BCUT2D eigenvalue weighted by Crippen LogP contribution is 2.33. The van der Waals surface area contributed by atoms with E-state index in [9.17, 15) is 4.79 Å². The van der Waals surface area contributed by atoms with Gasteiger partial charge in [-0.3, -0.25) is 4.79 Å². The van der Waals surface area contributed by atoms with Gasteiger partial charge in [0.2, 0.25) is 5.95 Å². The van der Waals surface area contributed by atoms with Crippen molar-refractivity contribution >= 4 is 17.5 Å². The molecule has 1 N–H and O–H groups in total. The number of carbonyl (C=O) groups is 1. The molecular weight excluding hydrogens is 416 g/mol. The Kier molecular flexibility index (Phi) is 5.86. The second-order valence-corrected chi connectivity index (χ2v) is 7.09. The summed E-state index contributed by atoms with van der Waals surface area (Å²) >= 11 is 0. The van der Waals surface area contributed by atoms with Gasteiger partial charge < -0.3 is 29.0 Å². The van der Waals surface area contributed by atoms with Gasteiger partial charge in [0, 0.05) is 23.7 Å². The predicted molar refractivity (Wildman–Crippen MR) is 113 cm³/mol. The van der Waals surface area contributed by atoms with E-state index < -0.39 is 0 Å². The fraction of sp³-hybridized carbons (Fsp3) is 0.318. The van der Waals surface area contributed by atoms with Crippen LogP contribution in [0.2, 0.25) is 0 Å². The van der Waals surface area contributed by atoms with Crippen LogP contribution >= 0.6 is 0 Å². The second kappa shape index (κ2) is 9.25. The normalized spacial score (nSPS) is 15.5. The van der Waals surface area contributed by atoms with E-state index in [1.54, 1.807) is 30.3 Å². The lowest BCUT2D eigenvalue weighted by molar-refractivity contribution is -0.0537. The van der Waals surface area contributed by atoms with Crippen molar-refractivity contribution in [2.45, 2.75) is 12.7 Å². The summed E-state index contributed by atoms with van der Waals surface area (Å²) in [6.45, 7) is 2.40. The largest absolute Gasteiger partial charge is 0.486 e. The van der Waals surface area contributed by atoms with E-state index in [-0.39, 0.29) is 30.8 Å². The number of anilines is 2. The van der Waals surface area contributed by atoms with Gasteiger partial charge >= 0.3 is 6.01 Å². The molecule has 0 spiro atoms. The van der Waals surface area contributed by atoms with Crippen LogP contribution in [-0.2, 0) is 9.47 Å². The van der Waals surface area contributed by atoms with Crippen LogP contribution in [0.4, 0.5) is 11.6 Å². The molecule has 0 saturated carbocycles. The van der Waals surface area contributed by atoms with Crippen molar-refractivity contribution < 1.29 is 28.5 Å². The third kappa shape index (κ3) is 4.51. The molecule has 0 atom stereocenters. The fourth-order valence-corrected chi connectivity index (χ4v) is 3.35. The molecule has 0 aliphatic carbocycles. The molecule has 0 radical (unpaired) electrons. The summed E-state index contributed by atoms with van der Waals surface area (Å²) in [4.78, 5) is 17.4. The molecule has 1 fully saturated rings. The highest BCUT2D eigenvalue weighted by molar-refractivity contribution is 5.96. The molecule has 10 heteroatoms. The number of ether oxygens (including phenoxy) is 5. The van der Waals surface area contributed by atoms with Crippen molar-refractivity contribution in [3.8, 4) is 17.5 Å². The Hall–Kier alpha value is -3.63. The van der Waals surface area contributed by atoms with Crippen molar-refractivity contribution in [2.24, 2.45) is 0 Å². The van der Waals surface area contributed by atoms with Gasteiger partial charge in [0.15, 0.2) is 17.8 Å². The number of aromatic nitrogens is 3. The summed E-state index contributed by atoms with van der Waals surface area (Å²) in [6, 6.07) is 14.3. The molecule has 1 saturated heterocycles. The van der Waals surface area contributed by atoms with Crippen molar-refractivity contribution in [3.63, 3.8) is 0 Å². The molecule has 2 aliphatic rings. The first-order valence-corrected chi connectivity index (χ1v) is 10.4. The molecule has 0 unspecified atom stereocenters. The molecule has 0 amide bonds. The van der Waals surface area contributed by atoms with E-state index in [1.165, 1.54) is 0 Å². The highest BCUT2D eigenvalue weighted by Gasteiger charge is 2.21. The van der Waals surface area contributed by atoms with E-state index >= 15 is 0 Å². The minimum absolute atomic E-state index is 0.0805. The van der Waals surface area contributed by atoms with E-state index in [0.717, 1.165) is 4.68 Å². The second-order valence-electron chi connectivity index (χ2n) is 7.09. The summed E-state index contributed by atoms with van der Waals surface area (Å²) in [5.74, 6) is 1.18. The van der Waals surface area contributed by atoms with Gasteiger partial charge in [-0.25, -0.2) is 0 Å². The molecule has 5 rings (SSSR count). The molecule has 10 nitrogen and oxygen atoms in total. The zero-order valence-corrected chi connectivity index (χ0v) is 17.2. The van der Waals surface area contributed by atoms with Crippen molar-refractivity contribution in [2.75, 3.05) is 38.4 Å². The van der Waals surface area contributed by atoms with Gasteiger partial charge in [-0.15, -0.1) is 9.78 Å². The quantitative estimate of drug-likeness (QED) is 0.596. The summed E-state index contributed by atoms with van der Waals surface area (Å²) in [7, 11) is 0. The van der Waals surface area contributed by atoms with E-state index in [1.807, 2.05) is 18.2 Å². The summed E-state index contributed by atoms with van der Waals surface area (Å²) in [6.07, 6.45) is 0.198. The number of benzene rings is 2. The van der Waals surface area contributed by atoms with Crippen molar-refractivity contribution in [1.29, 1.82) is 0 Å². The lowest BCUT2D eigenvalue weighted by atomic mass is 10.2. The molecule has 2 aliphatic heterocycles. The fourth-order valence-electron chi connectivity index (χ4n) is 3.35. The average molecular weight is 438 g/mol. The minimum atomic E-state index is -0.350. The number of hydrogen-bond donors (Lipinski definition) is 1. The third-order valence-corrected chi connectivity index (χ3v) is 4.86. The van der Waals surface area contributed by atoms with Crippen LogP contribution in [-0.4, -0.2) is 60.0 Å². The molecule has 166 valence electrons. The topological polar surface area (TPSA) is 106 Å². The Labute approximate surface area is 184 Å². The Morgan fingerprint density at radius 1 is 1.03 bits per heavy atom. The number of rotatable bonds is 7. The minimum Gasteiger partial charge on any atom is -0.486 e. The van der Waals surface area contributed by atoms with Gasteiger partial charge in [-0.05, 0) is 24.3 Å². The van der Waals surface area contributed by atoms with Crippen LogP contribution in [0.25, 0.3) is 0 Å². The first-order chi connectivity index (χ1) is 15.8. The number of nitrogens with zero attached hydrogens (tertiary/aromatic N) is 3. The Bertz CT molecular complexity index is 1080. The average Bonchev–Trinajstić information content (AvgIpc) is 3.49. The molecule has 3 aromatic rings. The molecular formula is C22H22N4O6. The Morgan fingerprint density at radius 3 is 2.62 bits per heavy atom. The van der Waals surface area contributed by atoms with Crippen LogP contribution in [0.3, 0.4) is 0 Å². The predicted octanol–water partition coefficient (Wildman–Crippen LogP) is 2.62.